The minimum Gasteiger partial charge on any atom is -0.550 e. The molecule has 0 heterocycles. The van der Waals surface area contributed by atoms with Crippen LogP contribution in [0.5, 0.6) is 0 Å². The summed E-state index contributed by atoms with van der Waals surface area (Å²) in [5.74, 6) is -0.904. The van der Waals surface area contributed by atoms with Crippen LogP contribution in [0.25, 0.3) is 0 Å². The maximum atomic E-state index is 10.2. The van der Waals surface area contributed by atoms with Crippen LogP contribution in [0.3, 0.4) is 0 Å². The summed E-state index contributed by atoms with van der Waals surface area (Å²) in [6, 6.07) is 0. The van der Waals surface area contributed by atoms with Gasteiger partial charge in [0.15, 0.2) is 0 Å². The second kappa shape index (κ2) is 23.7. The molecule has 0 aliphatic carbocycles. The van der Waals surface area contributed by atoms with Gasteiger partial charge in [0.2, 0.25) is 0 Å². The van der Waals surface area contributed by atoms with Crippen molar-refractivity contribution in [3.05, 3.63) is 0 Å². The van der Waals surface area contributed by atoms with E-state index >= 15 is 0 Å². The van der Waals surface area contributed by atoms with Gasteiger partial charge in [0.05, 0.1) is 27.7 Å². The molecule has 0 aromatic carbocycles. The lowest BCUT2D eigenvalue weighted by Crippen LogP contribution is -2.35. The monoisotopic (exact) mass is 413 g/mol. The number of nitrogens with zero attached hydrogens (tertiary/aromatic N) is 1. The van der Waals surface area contributed by atoms with Crippen LogP contribution in [-0.4, -0.2) is 38.1 Å². The molecule has 3 heteroatoms. The molecule has 29 heavy (non-hydrogen) atoms. The molecule has 0 aromatic heterocycles. The van der Waals surface area contributed by atoms with E-state index in [0.717, 1.165) is 17.3 Å². The van der Waals surface area contributed by atoms with E-state index in [1.165, 1.54) is 109 Å². The quantitative estimate of drug-likeness (QED) is 0.161. The van der Waals surface area contributed by atoms with Crippen molar-refractivity contribution < 1.29 is 14.4 Å². The molecule has 0 aliphatic heterocycles. The second-order valence-corrected chi connectivity index (χ2v) is 9.79. The summed E-state index contributed by atoms with van der Waals surface area (Å²) in [5, 5.41) is 10.2. The number of aliphatic carboxylic acids is 1. The molecular weight excluding hydrogens is 358 g/mol. The number of unbranched alkanes of at least 4 members (excludes halogenated alkanes) is 16. The summed E-state index contributed by atoms with van der Waals surface area (Å²) >= 11 is 0. The smallest absolute Gasteiger partial charge is 0.0780 e. The molecular formula is C26H55NO2. The van der Waals surface area contributed by atoms with Crippen LogP contribution >= 0.6 is 0 Å². The van der Waals surface area contributed by atoms with Gasteiger partial charge in [-0.2, -0.15) is 0 Å². The number of quaternary nitrogens is 1. The third kappa shape index (κ3) is 35.3. The van der Waals surface area contributed by atoms with E-state index in [2.05, 4.69) is 35.0 Å². The van der Waals surface area contributed by atoms with Crippen LogP contribution < -0.4 is 5.11 Å². The van der Waals surface area contributed by atoms with E-state index in [0.29, 0.717) is 0 Å². The molecule has 0 aliphatic rings. The highest BCUT2D eigenvalue weighted by molar-refractivity contribution is 5.63. The number of carbonyl (C=O) groups excluding carboxylic acids is 1. The van der Waals surface area contributed by atoms with Gasteiger partial charge in [-0.05, 0) is 25.7 Å². The Kier molecular flexibility index (Phi) is 25.0. The summed E-state index contributed by atoms with van der Waals surface area (Å²) in [4.78, 5) is 10.2. The lowest BCUT2D eigenvalue weighted by atomic mass is 10.0. The minimum absolute atomic E-state index is 0.234. The van der Waals surface area contributed by atoms with E-state index in [1.807, 2.05) is 0 Å². The Labute approximate surface area is 184 Å². The molecule has 0 fully saturated rings. The van der Waals surface area contributed by atoms with E-state index in [4.69, 9.17) is 0 Å². The van der Waals surface area contributed by atoms with Crippen LogP contribution in [0.4, 0.5) is 0 Å². The number of rotatable bonds is 20. The molecule has 0 radical (unpaired) electrons. The van der Waals surface area contributed by atoms with Crippen LogP contribution in [0, 0.1) is 0 Å². The Morgan fingerprint density at radius 2 is 0.862 bits per heavy atom. The Balaban J connectivity index is 0. The fourth-order valence-corrected chi connectivity index (χ4v) is 3.48. The molecule has 0 amide bonds. The molecule has 0 bridgehead atoms. The molecule has 0 saturated carbocycles. The lowest BCUT2D eigenvalue weighted by molar-refractivity contribution is -0.870. The van der Waals surface area contributed by atoms with Crippen molar-refractivity contribution >= 4 is 5.97 Å². The van der Waals surface area contributed by atoms with Gasteiger partial charge in [0.25, 0.3) is 0 Å². The predicted octanol–water partition coefficient (Wildman–Crippen LogP) is 6.88. The van der Waals surface area contributed by atoms with Gasteiger partial charge in [-0.15, -0.1) is 0 Å². The standard InChI is InChI=1S/C17H34O2.C9H22N/c1-2-3-4-5-6-7-8-9-10-11-12-13-14-15-16-17(18)19;1-5-6-7-8-9-10(2,3)4/h2-16H2,1H3,(H,18,19);5-9H2,1-4H3/q;+1/p-1. The largest absolute Gasteiger partial charge is 0.550 e. The molecule has 0 atom stereocenters. The molecule has 0 saturated heterocycles. The fraction of sp³-hybridized carbons (Fsp3) is 0.962. The van der Waals surface area contributed by atoms with E-state index in [-0.39, 0.29) is 6.42 Å². The second-order valence-electron chi connectivity index (χ2n) is 9.79. The number of hydrogen-bond donors (Lipinski definition) is 0. The van der Waals surface area contributed by atoms with Crippen molar-refractivity contribution in [2.24, 2.45) is 0 Å². The summed E-state index contributed by atoms with van der Waals surface area (Å²) in [7, 11) is 6.77. The number of carboxylic acid groups (broad SMARTS) is 1. The van der Waals surface area contributed by atoms with Gasteiger partial charge in [0, 0.05) is 5.97 Å². The van der Waals surface area contributed by atoms with E-state index in [9.17, 15) is 9.90 Å². The Morgan fingerprint density at radius 1 is 0.552 bits per heavy atom. The molecule has 0 unspecified atom stereocenters. The van der Waals surface area contributed by atoms with Crippen LogP contribution in [0.2, 0.25) is 0 Å². The molecule has 0 spiro atoms. The molecule has 0 aromatic rings. The third-order valence-corrected chi connectivity index (χ3v) is 5.42. The summed E-state index contributed by atoms with van der Waals surface area (Å²) in [6.07, 6.45) is 23.9. The lowest BCUT2D eigenvalue weighted by Gasteiger charge is -2.23. The first-order valence-electron chi connectivity index (χ1n) is 12.8. The van der Waals surface area contributed by atoms with Crippen molar-refractivity contribution in [1.29, 1.82) is 0 Å². The van der Waals surface area contributed by atoms with Crippen LogP contribution in [0.1, 0.15) is 136 Å². The molecule has 0 rings (SSSR count). The highest BCUT2D eigenvalue weighted by Gasteiger charge is 2.04. The average Bonchev–Trinajstić information content (AvgIpc) is 2.65. The SMILES string of the molecule is CCCCCCCCCCCCCCCCC(=O)[O-].CCCCCC[N+](C)(C)C. The highest BCUT2D eigenvalue weighted by atomic mass is 16.4. The van der Waals surface area contributed by atoms with Gasteiger partial charge in [-0.25, -0.2) is 0 Å². The van der Waals surface area contributed by atoms with Gasteiger partial charge in [-0.3, -0.25) is 0 Å². The van der Waals surface area contributed by atoms with Gasteiger partial charge >= 0.3 is 0 Å². The summed E-state index contributed by atoms with van der Waals surface area (Å²) < 4.78 is 1.11. The first kappa shape index (κ1) is 30.6. The van der Waals surface area contributed by atoms with Crippen molar-refractivity contribution in [2.75, 3.05) is 27.7 Å². The normalized spacial score (nSPS) is 11.2. The van der Waals surface area contributed by atoms with Crippen molar-refractivity contribution in [3.63, 3.8) is 0 Å². The molecule has 0 N–H and O–H groups in total. The first-order chi connectivity index (χ1) is 13.8. The first-order valence-corrected chi connectivity index (χ1v) is 12.8. The van der Waals surface area contributed by atoms with Crippen LogP contribution in [-0.2, 0) is 4.79 Å². The van der Waals surface area contributed by atoms with Crippen LogP contribution in [0.15, 0.2) is 0 Å². The maximum absolute atomic E-state index is 10.2. The van der Waals surface area contributed by atoms with Gasteiger partial charge < -0.3 is 14.4 Å². The van der Waals surface area contributed by atoms with Crippen molar-refractivity contribution in [3.8, 4) is 0 Å². The molecule has 3 nitrogen and oxygen atoms in total. The summed E-state index contributed by atoms with van der Waals surface area (Å²) in [5.41, 5.74) is 0. The number of carbonyl (C=O) groups is 1. The van der Waals surface area contributed by atoms with Crippen molar-refractivity contribution in [2.45, 2.75) is 136 Å². The number of hydrogen-bond acceptors (Lipinski definition) is 2. The minimum atomic E-state index is -0.904. The topological polar surface area (TPSA) is 40.1 Å². The molecule has 176 valence electrons. The Hall–Kier alpha value is -0.570. The highest BCUT2D eigenvalue weighted by Crippen LogP contribution is 2.13. The predicted molar refractivity (Wildman–Crippen MR) is 127 cm³/mol. The van der Waals surface area contributed by atoms with Gasteiger partial charge in [0.1, 0.15) is 0 Å². The van der Waals surface area contributed by atoms with Crippen molar-refractivity contribution in [1.82, 2.24) is 0 Å². The average molecular weight is 414 g/mol. The Morgan fingerprint density at radius 3 is 1.17 bits per heavy atom. The fourth-order valence-electron chi connectivity index (χ4n) is 3.48. The number of carboxylic acids is 1. The van der Waals surface area contributed by atoms with E-state index < -0.39 is 5.97 Å². The maximum Gasteiger partial charge on any atom is 0.0780 e. The third-order valence-electron chi connectivity index (χ3n) is 5.42. The summed E-state index contributed by atoms with van der Waals surface area (Å²) in [6.45, 7) is 5.84. The zero-order chi connectivity index (χ0) is 22.2. The van der Waals surface area contributed by atoms with Gasteiger partial charge in [-0.1, -0.05) is 110 Å². The van der Waals surface area contributed by atoms with E-state index in [1.54, 1.807) is 0 Å². The Bertz CT molecular complexity index is 323. The zero-order valence-electron chi connectivity index (χ0n) is 20.9. The zero-order valence-corrected chi connectivity index (χ0v) is 20.9.